The lowest BCUT2D eigenvalue weighted by molar-refractivity contribution is -0.123. The average molecular weight is 425 g/mol. The third-order valence-electron chi connectivity index (χ3n) is 4.65. The highest BCUT2D eigenvalue weighted by molar-refractivity contribution is 7.99. The van der Waals surface area contributed by atoms with Crippen LogP contribution >= 0.6 is 11.8 Å². The van der Waals surface area contributed by atoms with E-state index in [2.05, 4.69) is 30.9 Å². The second kappa shape index (κ2) is 9.27. The van der Waals surface area contributed by atoms with Crippen molar-refractivity contribution in [3.05, 3.63) is 48.3 Å². The van der Waals surface area contributed by atoms with Crippen LogP contribution in [0.1, 0.15) is 19.0 Å². The summed E-state index contributed by atoms with van der Waals surface area (Å²) >= 11 is 1.62. The fraction of sp³-hybridized carbons (Fsp3) is 0.333. The number of ether oxygens (including phenoxy) is 1. The maximum Gasteiger partial charge on any atom is 0.226 e. The van der Waals surface area contributed by atoms with E-state index in [0.29, 0.717) is 19.0 Å². The Morgan fingerprint density at radius 3 is 2.97 bits per heavy atom. The summed E-state index contributed by atoms with van der Waals surface area (Å²) in [6.45, 7) is 4.50. The molecule has 3 aromatic rings. The molecule has 9 heteroatoms. The smallest absolute Gasteiger partial charge is 0.226 e. The molecule has 1 aliphatic heterocycles. The summed E-state index contributed by atoms with van der Waals surface area (Å²) in [4.78, 5) is 25.7. The Labute approximate surface area is 179 Å². The van der Waals surface area contributed by atoms with Gasteiger partial charge in [0.2, 0.25) is 11.9 Å². The van der Waals surface area contributed by atoms with Gasteiger partial charge in [-0.2, -0.15) is 0 Å². The summed E-state index contributed by atoms with van der Waals surface area (Å²) in [5.74, 6) is 1.98. The van der Waals surface area contributed by atoms with E-state index in [9.17, 15) is 4.79 Å². The second-order valence-corrected chi connectivity index (χ2v) is 7.98. The Morgan fingerprint density at radius 2 is 2.17 bits per heavy atom. The molecule has 1 fully saturated rings. The van der Waals surface area contributed by atoms with Gasteiger partial charge in [0.25, 0.3) is 0 Å². The lowest BCUT2D eigenvalue weighted by Gasteiger charge is -2.31. The molecular weight excluding hydrogens is 400 g/mol. The van der Waals surface area contributed by atoms with Crippen LogP contribution in [0.5, 0.6) is 5.75 Å². The number of pyridine rings is 1. The first-order valence-electron chi connectivity index (χ1n) is 9.87. The van der Waals surface area contributed by atoms with Crippen LogP contribution in [0.2, 0.25) is 0 Å². The van der Waals surface area contributed by atoms with Crippen LogP contribution in [0.25, 0.3) is 10.9 Å². The Morgan fingerprint density at radius 1 is 1.27 bits per heavy atom. The van der Waals surface area contributed by atoms with Gasteiger partial charge in [-0.1, -0.05) is 6.07 Å². The molecule has 0 saturated carbocycles. The van der Waals surface area contributed by atoms with Crippen LogP contribution in [0, 0.1) is 6.92 Å². The van der Waals surface area contributed by atoms with E-state index in [1.807, 2.05) is 50.2 Å². The van der Waals surface area contributed by atoms with Crippen molar-refractivity contribution in [3.63, 3.8) is 0 Å². The standard InChI is InChI=1S/C21H24N6O2S/c1-3-29-15-7-8-17-16(11-15)13(2)23-20(25-17)27-21-24-14(10-18(28)26-21)12-30-19-6-4-5-9-22-19/h4-9,11,14,21,24H,3,10,12H2,1-2H3,(H,26,28)(H,23,25,27). The van der Waals surface area contributed by atoms with Crippen molar-refractivity contribution < 1.29 is 9.53 Å². The van der Waals surface area contributed by atoms with Crippen molar-refractivity contribution >= 4 is 34.5 Å². The van der Waals surface area contributed by atoms with Gasteiger partial charge in [-0.3, -0.25) is 10.1 Å². The van der Waals surface area contributed by atoms with Crippen LogP contribution in [0.3, 0.4) is 0 Å². The van der Waals surface area contributed by atoms with Gasteiger partial charge in [-0.25, -0.2) is 15.0 Å². The topological polar surface area (TPSA) is 101 Å². The van der Waals surface area contributed by atoms with Gasteiger partial charge in [0.15, 0.2) is 6.29 Å². The van der Waals surface area contributed by atoms with Crippen molar-refractivity contribution in [3.8, 4) is 5.75 Å². The Bertz CT molecular complexity index is 1030. The molecule has 0 aliphatic carbocycles. The molecule has 30 heavy (non-hydrogen) atoms. The molecule has 8 nitrogen and oxygen atoms in total. The number of amides is 1. The Kier molecular flexibility index (Phi) is 6.29. The quantitative estimate of drug-likeness (QED) is 0.498. The van der Waals surface area contributed by atoms with E-state index < -0.39 is 6.29 Å². The highest BCUT2D eigenvalue weighted by Crippen LogP contribution is 2.23. The van der Waals surface area contributed by atoms with E-state index in [-0.39, 0.29) is 11.9 Å². The van der Waals surface area contributed by atoms with Crippen molar-refractivity contribution in [2.45, 2.75) is 37.6 Å². The second-order valence-electron chi connectivity index (χ2n) is 6.94. The van der Waals surface area contributed by atoms with Gasteiger partial charge in [-0.05, 0) is 44.2 Å². The lowest BCUT2D eigenvalue weighted by Crippen LogP contribution is -2.60. The minimum Gasteiger partial charge on any atom is -0.494 e. The SMILES string of the molecule is CCOc1ccc2nc(NC3NC(=O)CC(CSc4ccccn4)N3)nc(C)c2c1. The summed E-state index contributed by atoms with van der Waals surface area (Å²) in [6, 6.07) is 11.6. The van der Waals surface area contributed by atoms with Gasteiger partial charge < -0.3 is 15.4 Å². The Balaban J connectivity index is 1.44. The number of carbonyl (C=O) groups is 1. The third kappa shape index (κ3) is 4.98. The molecule has 2 unspecified atom stereocenters. The highest BCUT2D eigenvalue weighted by atomic mass is 32.2. The van der Waals surface area contributed by atoms with Crippen molar-refractivity contribution in [1.29, 1.82) is 0 Å². The van der Waals surface area contributed by atoms with Gasteiger partial charge in [0.1, 0.15) is 5.75 Å². The van der Waals surface area contributed by atoms with E-state index in [1.165, 1.54) is 0 Å². The van der Waals surface area contributed by atoms with Crippen LogP contribution in [0.4, 0.5) is 5.95 Å². The van der Waals surface area contributed by atoms with E-state index in [0.717, 1.165) is 33.1 Å². The molecule has 1 aromatic carbocycles. The molecule has 1 amide bonds. The van der Waals surface area contributed by atoms with Crippen molar-refractivity contribution in [2.75, 3.05) is 17.7 Å². The zero-order chi connectivity index (χ0) is 20.9. The highest BCUT2D eigenvalue weighted by Gasteiger charge is 2.26. The number of carbonyl (C=O) groups excluding carboxylic acids is 1. The molecule has 3 N–H and O–H groups in total. The number of aromatic nitrogens is 3. The molecule has 1 aliphatic rings. The zero-order valence-corrected chi connectivity index (χ0v) is 17.7. The molecule has 0 bridgehead atoms. The fourth-order valence-corrected chi connectivity index (χ4v) is 4.19. The van der Waals surface area contributed by atoms with Crippen molar-refractivity contribution in [1.82, 2.24) is 25.6 Å². The molecule has 0 spiro atoms. The molecule has 0 radical (unpaired) electrons. The monoisotopic (exact) mass is 424 g/mol. The fourth-order valence-electron chi connectivity index (χ4n) is 3.29. The summed E-state index contributed by atoms with van der Waals surface area (Å²) in [7, 11) is 0. The maximum atomic E-state index is 12.2. The van der Waals surface area contributed by atoms with Gasteiger partial charge in [0, 0.05) is 29.8 Å². The predicted octanol–water partition coefficient (Wildman–Crippen LogP) is 2.70. The first-order valence-corrected chi connectivity index (χ1v) is 10.9. The summed E-state index contributed by atoms with van der Waals surface area (Å²) in [6.07, 6.45) is 1.74. The van der Waals surface area contributed by atoms with E-state index >= 15 is 0 Å². The molecule has 1 saturated heterocycles. The Hall–Kier alpha value is -2.91. The number of benzene rings is 1. The molecule has 3 heterocycles. The summed E-state index contributed by atoms with van der Waals surface area (Å²) in [5, 5.41) is 11.4. The van der Waals surface area contributed by atoms with E-state index in [4.69, 9.17) is 4.74 Å². The minimum absolute atomic E-state index is 0.0126. The minimum atomic E-state index is -0.444. The summed E-state index contributed by atoms with van der Waals surface area (Å²) in [5.41, 5.74) is 1.66. The number of nitrogens with zero attached hydrogens (tertiary/aromatic N) is 3. The van der Waals surface area contributed by atoms with Gasteiger partial charge in [0.05, 0.1) is 22.8 Å². The van der Waals surface area contributed by atoms with Crippen LogP contribution < -0.4 is 20.7 Å². The number of rotatable bonds is 7. The van der Waals surface area contributed by atoms with Crippen LogP contribution in [-0.4, -0.2) is 45.6 Å². The zero-order valence-electron chi connectivity index (χ0n) is 16.9. The average Bonchev–Trinajstić information content (AvgIpc) is 2.73. The number of hydrogen-bond donors (Lipinski definition) is 3. The lowest BCUT2D eigenvalue weighted by atomic mass is 10.2. The number of anilines is 1. The molecule has 2 aromatic heterocycles. The number of thioether (sulfide) groups is 1. The maximum absolute atomic E-state index is 12.2. The molecule has 4 rings (SSSR count). The van der Waals surface area contributed by atoms with E-state index in [1.54, 1.807) is 18.0 Å². The largest absolute Gasteiger partial charge is 0.494 e. The molecule has 156 valence electrons. The number of hydrogen-bond acceptors (Lipinski definition) is 8. The molecule has 2 atom stereocenters. The third-order valence-corrected chi connectivity index (χ3v) is 5.76. The van der Waals surface area contributed by atoms with Crippen LogP contribution in [-0.2, 0) is 4.79 Å². The van der Waals surface area contributed by atoms with Crippen molar-refractivity contribution in [2.24, 2.45) is 0 Å². The normalized spacial score (nSPS) is 18.8. The first kappa shape index (κ1) is 20.4. The number of nitrogens with one attached hydrogen (secondary N) is 3. The number of aryl methyl sites for hydroxylation is 1. The van der Waals surface area contributed by atoms with Gasteiger partial charge in [-0.15, -0.1) is 11.8 Å². The van der Waals surface area contributed by atoms with Gasteiger partial charge >= 0.3 is 0 Å². The van der Waals surface area contributed by atoms with Crippen LogP contribution in [0.15, 0.2) is 47.6 Å². The number of fused-ring (bicyclic) bond motifs is 1. The molecular formula is C21H24N6O2S. The predicted molar refractivity (Wildman–Crippen MR) is 117 cm³/mol. The summed E-state index contributed by atoms with van der Waals surface area (Å²) < 4.78 is 5.56. The first-order chi connectivity index (χ1) is 14.6.